The number of nitrogens with zero attached hydrogens (tertiary/aromatic N) is 2. The summed E-state index contributed by atoms with van der Waals surface area (Å²) in [4.78, 5) is 14.6. The first-order chi connectivity index (χ1) is 11.5. The van der Waals surface area contributed by atoms with Crippen molar-refractivity contribution >= 4 is 33.5 Å². The molecular weight excluding hydrogens is 368 g/mol. The SMILES string of the molecule is COc1ccc(Br)c(C(=O)/C(C#N)=C/c2ccc(N(C)C)cc2)c1. The van der Waals surface area contributed by atoms with Gasteiger partial charge in [0, 0.05) is 29.8 Å². The zero-order valence-corrected chi connectivity index (χ0v) is 15.3. The summed E-state index contributed by atoms with van der Waals surface area (Å²) >= 11 is 3.35. The highest BCUT2D eigenvalue weighted by Crippen LogP contribution is 2.25. The van der Waals surface area contributed by atoms with E-state index in [4.69, 9.17) is 4.74 Å². The molecule has 2 aromatic rings. The molecule has 122 valence electrons. The molecule has 5 heteroatoms. The van der Waals surface area contributed by atoms with Crippen molar-refractivity contribution in [1.29, 1.82) is 5.26 Å². The smallest absolute Gasteiger partial charge is 0.204 e. The lowest BCUT2D eigenvalue weighted by atomic mass is 10.0. The highest BCUT2D eigenvalue weighted by molar-refractivity contribution is 9.10. The van der Waals surface area contributed by atoms with Gasteiger partial charge in [0.2, 0.25) is 5.78 Å². The lowest BCUT2D eigenvalue weighted by molar-refractivity contribution is 0.103. The van der Waals surface area contributed by atoms with E-state index in [-0.39, 0.29) is 11.4 Å². The van der Waals surface area contributed by atoms with E-state index in [2.05, 4.69) is 15.9 Å². The molecule has 0 aliphatic heterocycles. The second-order valence-corrected chi connectivity index (χ2v) is 6.19. The molecule has 0 aliphatic rings. The van der Waals surface area contributed by atoms with Crippen molar-refractivity contribution in [2.24, 2.45) is 0 Å². The molecule has 4 nitrogen and oxygen atoms in total. The molecule has 0 atom stereocenters. The average molecular weight is 385 g/mol. The third kappa shape index (κ3) is 4.03. The predicted octanol–water partition coefficient (Wildman–Crippen LogP) is 4.31. The summed E-state index contributed by atoms with van der Waals surface area (Å²) in [6, 6.07) is 14.7. The summed E-state index contributed by atoms with van der Waals surface area (Å²) in [6.45, 7) is 0. The van der Waals surface area contributed by atoms with Gasteiger partial charge in [-0.15, -0.1) is 0 Å². The molecule has 0 aliphatic carbocycles. The first-order valence-electron chi connectivity index (χ1n) is 7.23. The molecule has 0 amide bonds. The number of benzene rings is 2. The van der Waals surface area contributed by atoms with E-state index >= 15 is 0 Å². The molecule has 0 spiro atoms. The average Bonchev–Trinajstić information content (AvgIpc) is 2.60. The molecule has 0 bridgehead atoms. The number of Topliss-reactive ketones (excluding diaryl/α,β-unsaturated/α-hetero) is 1. The van der Waals surface area contributed by atoms with Gasteiger partial charge < -0.3 is 9.64 Å². The highest BCUT2D eigenvalue weighted by Gasteiger charge is 2.16. The standard InChI is InChI=1S/C19H17BrN2O2/c1-22(2)15-6-4-13(5-7-15)10-14(12-21)19(23)17-11-16(24-3)8-9-18(17)20/h4-11H,1-3H3/b14-10+. The van der Waals surface area contributed by atoms with Crippen molar-refractivity contribution in [3.8, 4) is 11.8 Å². The maximum Gasteiger partial charge on any atom is 0.204 e. The number of anilines is 1. The van der Waals surface area contributed by atoms with Gasteiger partial charge in [-0.05, 0) is 42.0 Å². The first kappa shape index (κ1) is 17.8. The molecular formula is C19H17BrN2O2. The van der Waals surface area contributed by atoms with E-state index < -0.39 is 0 Å². The highest BCUT2D eigenvalue weighted by atomic mass is 79.9. The molecule has 2 aromatic carbocycles. The minimum Gasteiger partial charge on any atom is -0.497 e. The Morgan fingerprint density at radius 1 is 1.21 bits per heavy atom. The Labute approximate surface area is 150 Å². The monoisotopic (exact) mass is 384 g/mol. The first-order valence-corrected chi connectivity index (χ1v) is 8.03. The summed E-state index contributed by atoms with van der Waals surface area (Å²) in [7, 11) is 5.44. The topological polar surface area (TPSA) is 53.3 Å². The van der Waals surface area contributed by atoms with Gasteiger partial charge in [0.1, 0.15) is 17.4 Å². The van der Waals surface area contributed by atoms with Crippen LogP contribution in [0.1, 0.15) is 15.9 Å². The van der Waals surface area contributed by atoms with Gasteiger partial charge in [-0.2, -0.15) is 5.26 Å². The number of allylic oxidation sites excluding steroid dienone is 1. The van der Waals surface area contributed by atoms with Gasteiger partial charge in [0.25, 0.3) is 0 Å². The fraction of sp³-hybridized carbons (Fsp3) is 0.158. The summed E-state index contributed by atoms with van der Waals surface area (Å²) in [5, 5.41) is 9.39. The molecule has 2 rings (SSSR count). The van der Waals surface area contributed by atoms with Crippen molar-refractivity contribution in [1.82, 2.24) is 0 Å². The van der Waals surface area contributed by atoms with Gasteiger partial charge in [-0.1, -0.05) is 28.1 Å². The largest absolute Gasteiger partial charge is 0.497 e. The maximum atomic E-state index is 12.7. The quantitative estimate of drug-likeness (QED) is 0.437. The number of carbonyl (C=O) groups is 1. The lowest BCUT2D eigenvalue weighted by Gasteiger charge is -2.12. The van der Waals surface area contributed by atoms with Gasteiger partial charge >= 0.3 is 0 Å². The van der Waals surface area contributed by atoms with E-state index in [9.17, 15) is 10.1 Å². The maximum absolute atomic E-state index is 12.7. The number of rotatable bonds is 5. The summed E-state index contributed by atoms with van der Waals surface area (Å²) in [5.74, 6) is 0.217. The zero-order chi connectivity index (χ0) is 17.7. The van der Waals surface area contributed by atoms with Crippen molar-refractivity contribution < 1.29 is 9.53 Å². The van der Waals surface area contributed by atoms with Crippen LogP contribution in [0.15, 0.2) is 52.5 Å². The Hall–Kier alpha value is -2.58. The third-order valence-corrected chi connectivity index (χ3v) is 4.20. The molecule has 0 radical (unpaired) electrons. The van der Waals surface area contributed by atoms with Gasteiger partial charge in [-0.25, -0.2) is 0 Å². The van der Waals surface area contributed by atoms with Crippen LogP contribution in [0.25, 0.3) is 6.08 Å². The molecule has 0 saturated carbocycles. The number of ketones is 1. The minimum atomic E-state index is -0.347. The number of methoxy groups -OCH3 is 1. The number of carbonyl (C=O) groups excluding carboxylic acids is 1. The van der Waals surface area contributed by atoms with Crippen LogP contribution in [0.2, 0.25) is 0 Å². The molecule has 24 heavy (non-hydrogen) atoms. The van der Waals surface area contributed by atoms with E-state index in [1.807, 2.05) is 49.3 Å². The van der Waals surface area contributed by atoms with Gasteiger partial charge in [0.05, 0.1) is 7.11 Å². The van der Waals surface area contributed by atoms with Crippen LogP contribution in [-0.2, 0) is 0 Å². The van der Waals surface area contributed by atoms with Gasteiger partial charge in [0.15, 0.2) is 0 Å². The van der Waals surface area contributed by atoms with E-state index in [0.29, 0.717) is 15.8 Å². The normalized spacial score (nSPS) is 10.9. The zero-order valence-electron chi connectivity index (χ0n) is 13.7. The Morgan fingerprint density at radius 3 is 2.42 bits per heavy atom. The van der Waals surface area contributed by atoms with Crippen LogP contribution >= 0.6 is 15.9 Å². The molecule has 0 heterocycles. The Balaban J connectivity index is 2.37. The fourth-order valence-electron chi connectivity index (χ4n) is 2.13. The van der Waals surface area contributed by atoms with Crippen molar-refractivity contribution in [2.45, 2.75) is 0 Å². The van der Waals surface area contributed by atoms with Crippen molar-refractivity contribution in [3.05, 3.63) is 63.6 Å². The summed E-state index contributed by atoms with van der Waals surface area (Å²) in [6.07, 6.45) is 1.59. The van der Waals surface area contributed by atoms with Gasteiger partial charge in [-0.3, -0.25) is 4.79 Å². The predicted molar refractivity (Wildman–Crippen MR) is 99.4 cm³/mol. The third-order valence-electron chi connectivity index (χ3n) is 3.50. The van der Waals surface area contributed by atoms with Crippen molar-refractivity contribution in [3.63, 3.8) is 0 Å². The molecule has 0 saturated heterocycles. The van der Waals surface area contributed by atoms with Crippen LogP contribution in [0.5, 0.6) is 5.75 Å². The van der Waals surface area contributed by atoms with E-state index in [0.717, 1.165) is 11.3 Å². The number of ether oxygens (including phenoxy) is 1. The number of halogens is 1. The number of hydrogen-bond donors (Lipinski definition) is 0. The Morgan fingerprint density at radius 2 is 1.88 bits per heavy atom. The molecule has 0 fully saturated rings. The van der Waals surface area contributed by atoms with Crippen LogP contribution < -0.4 is 9.64 Å². The molecule has 0 N–H and O–H groups in total. The van der Waals surface area contributed by atoms with E-state index in [1.165, 1.54) is 7.11 Å². The molecule has 0 aromatic heterocycles. The Kier molecular flexibility index (Phi) is 5.78. The van der Waals surface area contributed by atoms with Crippen LogP contribution in [0, 0.1) is 11.3 Å². The Bertz CT molecular complexity index is 818. The molecule has 0 unspecified atom stereocenters. The number of nitriles is 1. The van der Waals surface area contributed by atoms with Crippen LogP contribution in [0.4, 0.5) is 5.69 Å². The number of hydrogen-bond acceptors (Lipinski definition) is 4. The minimum absolute atomic E-state index is 0.0709. The van der Waals surface area contributed by atoms with Crippen LogP contribution in [-0.4, -0.2) is 27.0 Å². The summed E-state index contributed by atoms with van der Waals surface area (Å²) in [5.41, 5.74) is 2.31. The second-order valence-electron chi connectivity index (χ2n) is 5.33. The van der Waals surface area contributed by atoms with E-state index in [1.54, 1.807) is 24.3 Å². The van der Waals surface area contributed by atoms with Crippen LogP contribution in [0.3, 0.4) is 0 Å². The summed E-state index contributed by atoms with van der Waals surface area (Å²) < 4.78 is 5.77. The fourth-order valence-corrected chi connectivity index (χ4v) is 2.56. The van der Waals surface area contributed by atoms with Crippen molar-refractivity contribution in [2.75, 3.05) is 26.1 Å². The second kappa shape index (κ2) is 7.80. The lowest BCUT2D eigenvalue weighted by Crippen LogP contribution is -2.08.